The van der Waals surface area contributed by atoms with Crippen LogP contribution in [-0.4, -0.2) is 34.7 Å². The summed E-state index contributed by atoms with van der Waals surface area (Å²) in [6, 6.07) is 0. The second-order valence-corrected chi connectivity index (χ2v) is 4.93. The minimum absolute atomic E-state index is 0.0249. The lowest BCUT2D eigenvalue weighted by molar-refractivity contribution is -0.124. The zero-order valence-electron chi connectivity index (χ0n) is 8.91. The van der Waals surface area contributed by atoms with Crippen LogP contribution >= 0.6 is 0 Å². The predicted molar refractivity (Wildman–Crippen MR) is 59.4 cm³/mol. The summed E-state index contributed by atoms with van der Waals surface area (Å²) in [5.41, 5.74) is 5.42. The van der Waals surface area contributed by atoms with Crippen molar-refractivity contribution in [1.82, 2.24) is 5.32 Å². The summed E-state index contributed by atoms with van der Waals surface area (Å²) in [6.07, 6.45) is 0.749. The fourth-order valence-electron chi connectivity index (χ4n) is 1.04. The van der Waals surface area contributed by atoms with E-state index < -0.39 is 10.8 Å². The molecule has 5 heteroatoms. The molecule has 0 aliphatic heterocycles. The SMILES string of the molecule is CCC(CN)C(=O)NCCS(=O)CC. The second-order valence-electron chi connectivity index (χ2n) is 3.06. The third-order valence-electron chi connectivity index (χ3n) is 2.10. The van der Waals surface area contributed by atoms with Gasteiger partial charge in [-0.15, -0.1) is 0 Å². The Balaban J connectivity index is 3.67. The lowest BCUT2D eigenvalue weighted by Gasteiger charge is -2.11. The molecule has 0 saturated heterocycles. The van der Waals surface area contributed by atoms with E-state index in [9.17, 15) is 9.00 Å². The third kappa shape index (κ3) is 5.34. The topological polar surface area (TPSA) is 72.2 Å². The summed E-state index contributed by atoms with van der Waals surface area (Å²) in [5, 5.41) is 2.74. The minimum atomic E-state index is -0.807. The van der Waals surface area contributed by atoms with Crippen molar-refractivity contribution in [3.63, 3.8) is 0 Å². The number of hydrogen-bond donors (Lipinski definition) is 2. The molecule has 0 aromatic carbocycles. The third-order valence-corrected chi connectivity index (χ3v) is 3.40. The number of hydrogen-bond acceptors (Lipinski definition) is 3. The quantitative estimate of drug-likeness (QED) is 0.627. The van der Waals surface area contributed by atoms with Gasteiger partial charge in [0.05, 0.1) is 0 Å². The molecule has 0 aliphatic carbocycles. The van der Waals surface area contributed by atoms with Crippen LogP contribution in [0.3, 0.4) is 0 Å². The molecule has 0 radical (unpaired) electrons. The highest BCUT2D eigenvalue weighted by Crippen LogP contribution is 1.98. The van der Waals surface area contributed by atoms with E-state index >= 15 is 0 Å². The summed E-state index contributed by atoms with van der Waals surface area (Å²) >= 11 is 0. The lowest BCUT2D eigenvalue weighted by Crippen LogP contribution is -2.36. The van der Waals surface area contributed by atoms with Gasteiger partial charge in [0.2, 0.25) is 5.91 Å². The van der Waals surface area contributed by atoms with E-state index in [-0.39, 0.29) is 11.8 Å². The van der Waals surface area contributed by atoms with Crippen LogP contribution in [0.15, 0.2) is 0 Å². The van der Waals surface area contributed by atoms with E-state index in [2.05, 4.69) is 5.32 Å². The molecule has 0 aromatic rings. The zero-order chi connectivity index (χ0) is 11.0. The average Bonchev–Trinajstić information content (AvgIpc) is 2.19. The van der Waals surface area contributed by atoms with Gasteiger partial charge in [-0.1, -0.05) is 13.8 Å². The molecular weight excluding hydrogens is 200 g/mol. The maximum atomic E-state index is 11.4. The standard InChI is InChI=1S/C9H20N2O2S/c1-3-8(7-10)9(12)11-5-6-14(13)4-2/h8H,3-7,10H2,1-2H3,(H,11,12). The van der Waals surface area contributed by atoms with Gasteiger partial charge in [-0.05, 0) is 6.42 Å². The van der Waals surface area contributed by atoms with Crippen LogP contribution in [0.1, 0.15) is 20.3 Å². The first-order valence-corrected chi connectivity index (χ1v) is 6.47. The molecule has 0 aromatic heterocycles. The molecule has 0 aliphatic rings. The Morgan fingerprint density at radius 3 is 2.57 bits per heavy atom. The van der Waals surface area contributed by atoms with Gasteiger partial charge >= 0.3 is 0 Å². The maximum Gasteiger partial charge on any atom is 0.224 e. The van der Waals surface area contributed by atoms with Gasteiger partial charge in [-0.25, -0.2) is 0 Å². The summed E-state index contributed by atoms with van der Waals surface area (Å²) in [4.78, 5) is 11.4. The number of carbonyl (C=O) groups excluding carboxylic acids is 1. The molecule has 3 N–H and O–H groups in total. The van der Waals surface area contributed by atoms with Crippen LogP contribution in [0.4, 0.5) is 0 Å². The lowest BCUT2D eigenvalue weighted by atomic mass is 10.1. The molecule has 14 heavy (non-hydrogen) atoms. The Kier molecular flexibility index (Phi) is 7.70. The van der Waals surface area contributed by atoms with E-state index in [4.69, 9.17) is 5.73 Å². The van der Waals surface area contributed by atoms with E-state index in [0.717, 1.165) is 6.42 Å². The van der Waals surface area contributed by atoms with Crippen LogP contribution in [0.2, 0.25) is 0 Å². The van der Waals surface area contributed by atoms with Crippen LogP contribution in [-0.2, 0) is 15.6 Å². The van der Waals surface area contributed by atoms with Crippen LogP contribution in [0.5, 0.6) is 0 Å². The fourth-order valence-corrected chi connectivity index (χ4v) is 1.65. The highest BCUT2D eigenvalue weighted by Gasteiger charge is 2.13. The van der Waals surface area contributed by atoms with Gasteiger partial charge in [0.15, 0.2) is 0 Å². The van der Waals surface area contributed by atoms with Crippen molar-refractivity contribution < 1.29 is 9.00 Å². The molecule has 2 unspecified atom stereocenters. The Bertz CT molecular complexity index is 193. The molecule has 0 rings (SSSR count). The van der Waals surface area contributed by atoms with Gasteiger partial charge < -0.3 is 11.1 Å². The van der Waals surface area contributed by atoms with Gasteiger partial charge in [-0.3, -0.25) is 9.00 Å². The first-order valence-electron chi connectivity index (χ1n) is 4.98. The number of amides is 1. The van der Waals surface area contributed by atoms with Gasteiger partial charge in [0.25, 0.3) is 0 Å². The predicted octanol–water partition coefficient (Wildman–Crippen LogP) is -0.144. The molecular formula is C9H20N2O2S. The Hall–Kier alpha value is -0.420. The van der Waals surface area contributed by atoms with Crippen molar-refractivity contribution in [2.45, 2.75) is 20.3 Å². The molecule has 2 atom stereocenters. The molecule has 1 amide bonds. The van der Waals surface area contributed by atoms with Crippen molar-refractivity contribution in [3.8, 4) is 0 Å². The second kappa shape index (κ2) is 7.94. The summed E-state index contributed by atoms with van der Waals surface area (Å²) < 4.78 is 11.0. The van der Waals surface area contributed by atoms with E-state index in [1.54, 1.807) is 0 Å². The summed E-state index contributed by atoms with van der Waals surface area (Å²) in [6.45, 7) is 4.66. The van der Waals surface area contributed by atoms with Crippen molar-refractivity contribution in [2.75, 3.05) is 24.6 Å². The summed E-state index contributed by atoms with van der Waals surface area (Å²) in [7, 11) is -0.807. The fraction of sp³-hybridized carbons (Fsp3) is 0.889. The first kappa shape index (κ1) is 13.6. The van der Waals surface area contributed by atoms with E-state index in [1.165, 1.54) is 0 Å². The van der Waals surface area contributed by atoms with E-state index in [0.29, 0.717) is 24.6 Å². The molecule has 4 nitrogen and oxygen atoms in total. The zero-order valence-corrected chi connectivity index (χ0v) is 9.73. The normalized spacial score (nSPS) is 14.8. The number of nitrogens with two attached hydrogens (primary N) is 1. The molecule has 0 bridgehead atoms. The minimum Gasteiger partial charge on any atom is -0.355 e. The van der Waals surface area contributed by atoms with Crippen LogP contribution < -0.4 is 11.1 Å². The first-order chi connectivity index (χ1) is 6.65. The van der Waals surface area contributed by atoms with Crippen LogP contribution in [0.25, 0.3) is 0 Å². The largest absolute Gasteiger partial charge is 0.355 e. The highest BCUT2D eigenvalue weighted by molar-refractivity contribution is 7.84. The molecule has 84 valence electrons. The Morgan fingerprint density at radius 2 is 2.14 bits per heavy atom. The van der Waals surface area contributed by atoms with Crippen LogP contribution in [0, 0.1) is 5.92 Å². The maximum absolute atomic E-state index is 11.4. The number of carbonyl (C=O) groups is 1. The number of nitrogens with one attached hydrogen (secondary N) is 1. The van der Waals surface area contributed by atoms with Gasteiger partial charge in [-0.2, -0.15) is 0 Å². The Morgan fingerprint density at radius 1 is 1.50 bits per heavy atom. The van der Waals surface area contributed by atoms with Crippen molar-refractivity contribution >= 4 is 16.7 Å². The van der Waals surface area contributed by atoms with Crippen molar-refractivity contribution in [1.29, 1.82) is 0 Å². The molecule has 0 saturated carbocycles. The number of rotatable bonds is 7. The molecule has 0 fully saturated rings. The average molecular weight is 220 g/mol. The summed E-state index contributed by atoms with van der Waals surface area (Å²) in [5.74, 6) is 1.04. The monoisotopic (exact) mass is 220 g/mol. The molecule has 0 spiro atoms. The van der Waals surface area contributed by atoms with E-state index in [1.807, 2.05) is 13.8 Å². The van der Waals surface area contributed by atoms with Crippen molar-refractivity contribution in [2.24, 2.45) is 11.7 Å². The highest BCUT2D eigenvalue weighted by atomic mass is 32.2. The van der Waals surface area contributed by atoms with Gasteiger partial charge in [0.1, 0.15) is 0 Å². The van der Waals surface area contributed by atoms with Crippen molar-refractivity contribution in [3.05, 3.63) is 0 Å². The Labute approximate surface area is 88.1 Å². The smallest absolute Gasteiger partial charge is 0.224 e. The molecule has 0 heterocycles. The van der Waals surface area contributed by atoms with Gasteiger partial charge in [0, 0.05) is 41.3 Å².